The van der Waals surface area contributed by atoms with Gasteiger partial charge in [-0.1, -0.05) is 52.3 Å². The number of likely N-dealkylation sites (tertiary alicyclic amines) is 1. The van der Waals surface area contributed by atoms with E-state index in [-0.39, 0.29) is 22.9 Å². The van der Waals surface area contributed by atoms with Crippen molar-refractivity contribution in [3.05, 3.63) is 64.7 Å². The van der Waals surface area contributed by atoms with Crippen molar-refractivity contribution in [2.75, 3.05) is 13.7 Å². The highest BCUT2D eigenvalue weighted by Crippen LogP contribution is 2.44. The van der Waals surface area contributed by atoms with Crippen LogP contribution in [-0.2, 0) is 15.0 Å². The molecule has 0 spiro atoms. The average Bonchev–Trinajstić information content (AvgIpc) is 3.06. The van der Waals surface area contributed by atoms with Gasteiger partial charge in [-0.2, -0.15) is 0 Å². The molecule has 2 aromatic rings. The Morgan fingerprint density at radius 2 is 1.77 bits per heavy atom. The summed E-state index contributed by atoms with van der Waals surface area (Å²) in [6.07, 6.45) is 1.52. The number of carbonyl (C=O) groups excluding carboxylic acids is 2. The minimum absolute atomic E-state index is 0.0796. The summed E-state index contributed by atoms with van der Waals surface area (Å²) in [5, 5.41) is 11.5. The van der Waals surface area contributed by atoms with E-state index in [0.717, 1.165) is 18.4 Å². The van der Waals surface area contributed by atoms with Gasteiger partial charge >= 0.3 is 0 Å². The normalized spacial score (nSPS) is 17.8. The average molecular weight is 480 g/mol. The standard InChI is InChI=1S/C29H37NO5/c1-8-9-16-30-25(20-12-10-11-13-22(20)35-18(2)3)24(27(32)28(30)33)26(31)19-14-15-23(34-7)21(17-19)29(4,5)6/h10-15,17-18,25,31H,8-9,16H2,1-7H3/b26-24+. The van der Waals surface area contributed by atoms with Crippen molar-refractivity contribution < 1.29 is 24.2 Å². The van der Waals surface area contributed by atoms with Crippen LogP contribution in [0.25, 0.3) is 5.76 Å². The Hall–Kier alpha value is -3.28. The van der Waals surface area contributed by atoms with E-state index >= 15 is 0 Å². The van der Waals surface area contributed by atoms with E-state index < -0.39 is 17.7 Å². The molecule has 6 nitrogen and oxygen atoms in total. The van der Waals surface area contributed by atoms with Crippen molar-refractivity contribution in [1.29, 1.82) is 0 Å². The summed E-state index contributed by atoms with van der Waals surface area (Å²) in [4.78, 5) is 28.1. The zero-order valence-corrected chi connectivity index (χ0v) is 21.8. The van der Waals surface area contributed by atoms with Crippen molar-refractivity contribution >= 4 is 17.4 Å². The van der Waals surface area contributed by atoms with Crippen molar-refractivity contribution in [3.63, 3.8) is 0 Å². The number of amides is 1. The number of hydrogen-bond acceptors (Lipinski definition) is 5. The molecule has 0 radical (unpaired) electrons. The topological polar surface area (TPSA) is 76.1 Å². The number of benzene rings is 2. The molecule has 1 atom stereocenters. The Morgan fingerprint density at radius 3 is 2.37 bits per heavy atom. The molecule has 3 rings (SSSR count). The Balaban J connectivity index is 2.25. The van der Waals surface area contributed by atoms with Crippen LogP contribution in [-0.4, -0.2) is 41.5 Å². The van der Waals surface area contributed by atoms with Crippen molar-refractivity contribution in [2.45, 2.75) is 71.9 Å². The number of carbonyl (C=O) groups is 2. The second-order valence-electron chi connectivity index (χ2n) is 10.2. The fourth-order valence-electron chi connectivity index (χ4n) is 4.43. The van der Waals surface area contributed by atoms with E-state index in [1.807, 2.05) is 51.1 Å². The number of Topliss-reactive ketones (excluding diaryl/α,β-unsaturated/α-hetero) is 1. The maximum Gasteiger partial charge on any atom is 0.295 e. The molecule has 0 aliphatic carbocycles. The number of unbranched alkanes of at least 4 members (excludes halogenated alkanes) is 1. The molecule has 1 fully saturated rings. The molecule has 1 amide bonds. The maximum atomic E-state index is 13.3. The number of aliphatic hydroxyl groups excluding tert-OH is 1. The van der Waals surface area contributed by atoms with Crippen LogP contribution in [0, 0.1) is 0 Å². The zero-order chi connectivity index (χ0) is 25.9. The van der Waals surface area contributed by atoms with E-state index in [9.17, 15) is 14.7 Å². The first kappa shape index (κ1) is 26.3. The van der Waals surface area contributed by atoms with Crippen LogP contribution < -0.4 is 9.47 Å². The van der Waals surface area contributed by atoms with E-state index in [2.05, 4.69) is 20.8 Å². The summed E-state index contributed by atoms with van der Waals surface area (Å²) < 4.78 is 11.6. The summed E-state index contributed by atoms with van der Waals surface area (Å²) in [5.74, 6) is -0.193. The van der Waals surface area contributed by atoms with Gasteiger partial charge in [-0.05, 0) is 49.9 Å². The Kier molecular flexibility index (Phi) is 7.93. The molecule has 1 aliphatic rings. The van der Waals surface area contributed by atoms with E-state index in [1.54, 1.807) is 24.1 Å². The van der Waals surface area contributed by atoms with Crippen molar-refractivity contribution in [3.8, 4) is 11.5 Å². The van der Waals surface area contributed by atoms with Crippen LogP contribution in [0.1, 0.15) is 77.1 Å². The van der Waals surface area contributed by atoms with Crippen LogP contribution in [0.4, 0.5) is 0 Å². The maximum absolute atomic E-state index is 13.3. The molecule has 6 heteroatoms. The lowest BCUT2D eigenvalue weighted by atomic mass is 9.84. The highest BCUT2D eigenvalue weighted by Gasteiger charge is 2.46. The third-order valence-electron chi connectivity index (χ3n) is 6.15. The molecule has 188 valence electrons. The van der Waals surface area contributed by atoms with Crippen molar-refractivity contribution in [1.82, 2.24) is 4.90 Å². The fourth-order valence-corrected chi connectivity index (χ4v) is 4.43. The molecule has 0 aromatic heterocycles. The minimum atomic E-state index is -0.739. The summed E-state index contributed by atoms with van der Waals surface area (Å²) in [7, 11) is 1.61. The van der Waals surface area contributed by atoms with Gasteiger partial charge in [-0.25, -0.2) is 0 Å². The Bertz CT molecular complexity index is 1130. The summed E-state index contributed by atoms with van der Waals surface area (Å²) in [6.45, 7) is 12.5. The molecule has 0 saturated carbocycles. The van der Waals surface area contributed by atoms with Crippen LogP contribution in [0.2, 0.25) is 0 Å². The van der Waals surface area contributed by atoms with Crippen LogP contribution in [0.5, 0.6) is 11.5 Å². The predicted molar refractivity (Wildman–Crippen MR) is 138 cm³/mol. The lowest BCUT2D eigenvalue weighted by molar-refractivity contribution is -0.139. The molecular weight excluding hydrogens is 442 g/mol. The second-order valence-corrected chi connectivity index (χ2v) is 10.2. The van der Waals surface area contributed by atoms with Crippen LogP contribution in [0.15, 0.2) is 48.0 Å². The van der Waals surface area contributed by atoms with Gasteiger partial charge < -0.3 is 19.5 Å². The van der Waals surface area contributed by atoms with Crippen LogP contribution in [0.3, 0.4) is 0 Å². The fraction of sp³-hybridized carbons (Fsp3) is 0.448. The van der Waals surface area contributed by atoms with Gasteiger partial charge in [0.25, 0.3) is 11.7 Å². The number of ketones is 1. The molecule has 1 unspecified atom stereocenters. The highest BCUT2D eigenvalue weighted by molar-refractivity contribution is 6.46. The van der Waals surface area contributed by atoms with Crippen LogP contribution >= 0.6 is 0 Å². The summed E-state index contributed by atoms with van der Waals surface area (Å²) >= 11 is 0. The third-order valence-corrected chi connectivity index (χ3v) is 6.15. The lowest BCUT2D eigenvalue weighted by Gasteiger charge is -2.27. The van der Waals surface area contributed by atoms with E-state index in [1.165, 1.54) is 0 Å². The SMILES string of the molecule is CCCCN1C(=O)C(=O)/C(=C(/O)c2ccc(OC)c(C(C)(C)C)c2)C1c1ccccc1OC(C)C. The second kappa shape index (κ2) is 10.5. The van der Waals surface area contributed by atoms with Gasteiger partial charge in [0.15, 0.2) is 0 Å². The third kappa shape index (κ3) is 5.37. The number of ether oxygens (including phenoxy) is 2. The van der Waals surface area contributed by atoms with Gasteiger partial charge in [0, 0.05) is 23.2 Å². The first-order chi connectivity index (χ1) is 16.5. The molecule has 1 saturated heterocycles. The van der Waals surface area contributed by atoms with Crippen molar-refractivity contribution in [2.24, 2.45) is 0 Å². The molecule has 35 heavy (non-hydrogen) atoms. The first-order valence-corrected chi connectivity index (χ1v) is 12.2. The zero-order valence-electron chi connectivity index (χ0n) is 21.8. The molecule has 1 aliphatic heterocycles. The lowest BCUT2D eigenvalue weighted by Crippen LogP contribution is -2.31. The Morgan fingerprint density at radius 1 is 1.09 bits per heavy atom. The number of rotatable bonds is 8. The molecular formula is C29H37NO5. The number of aliphatic hydroxyl groups is 1. The van der Waals surface area contributed by atoms with Gasteiger partial charge in [0.2, 0.25) is 0 Å². The summed E-state index contributed by atoms with van der Waals surface area (Å²) in [5.41, 5.74) is 1.87. The van der Waals surface area contributed by atoms with Gasteiger partial charge in [0.05, 0.1) is 24.8 Å². The first-order valence-electron chi connectivity index (χ1n) is 12.2. The van der Waals surface area contributed by atoms with E-state index in [4.69, 9.17) is 9.47 Å². The molecule has 2 aromatic carbocycles. The predicted octanol–water partition coefficient (Wildman–Crippen LogP) is 6.00. The number of hydrogen-bond donors (Lipinski definition) is 1. The number of nitrogens with zero attached hydrogens (tertiary/aromatic N) is 1. The summed E-state index contributed by atoms with van der Waals surface area (Å²) in [6, 6.07) is 12.0. The molecule has 1 heterocycles. The minimum Gasteiger partial charge on any atom is -0.507 e. The largest absolute Gasteiger partial charge is 0.507 e. The van der Waals surface area contributed by atoms with Gasteiger partial charge in [0.1, 0.15) is 17.3 Å². The number of para-hydroxylation sites is 1. The molecule has 0 bridgehead atoms. The smallest absolute Gasteiger partial charge is 0.295 e. The highest BCUT2D eigenvalue weighted by atomic mass is 16.5. The van der Waals surface area contributed by atoms with E-state index in [0.29, 0.717) is 29.2 Å². The quantitative estimate of drug-likeness (QED) is 0.285. The van der Waals surface area contributed by atoms with Gasteiger partial charge in [-0.15, -0.1) is 0 Å². The number of methoxy groups -OCH3 is 1. The monoisotopic (exact) mass is 479 g/mol. The molecule has 1 N–H and O–H groups in total. The van der Waals surface area contributed by atoms with Gasteiger partial charge in [-0.3, -0.25) is 9.59 Å². The Labute approximate surface area is 208 Å².